The number of hydrogen-bond donors (Lipinski definition) is 3. The van der Waals surface area contributed by atoms with Gasteiger partial charge in [0.15, 0.2) is 0 Å². The smallest absolute Gasteiger partial charge is 0.394 e. The van der Waals surface area contributed by atoms with E-state index in [4.69, 9.17) is 10.2 Å². The molecule has 0 saturated heterocycles. The fourth-order valence-corrected chi connectivity index (χ4v) is 2.54. The predicted molar refractivity (Wildman–Crippen MR) is 72.4 cm³/mol. The number of hydrogen-bond acceptors (Lipinski definition) is 5. The van der Waals surface area contributed by atoms with Crippen molar-refractivity contribution in [2.45, 2.75) is 0 Å². The van der Waals surface area contributed by atoms with E-state index in [9.17, 15) is 19.5 Å². The van der Waals surface area contributed by atoms with Gasteiger partial charge in [0.05, 0.1) is 5.69 Å². The molecule has 0 aliphatic rings. The van der Waals surface area contributed by atoms with Crippen molar-refractivity contribution in [2.75, 3.05) is 5.32 Å². The molecule has 8 heteroatoms. The van der Waals surface area contributed by atoms with Crippen molar-refractivity contribution < 1.29 is 29.7 Å². The number of aromatic carboxylic acids is 1. The number of anilines is 1. The van der Waals surface area contributed by atoms with Gasteiger partial charge in [-0.25, -0.2) is 9.59 Å². The Morgan fingerprint density at radius 2 is 1.71 bits per heavy atom. The molecule has 0 atom stereocenters. The molecule has 1 aromatic heterocycles. The first-order valence-corrected chi connectivity index (χ1v) is 6.39. The second-order valence-corrected chi connectivity index (χ2v) is 4.99. The molecule has 0 aliphatic heterocycles. The lowest BCUT2D eigenvalue weighted by Gasteiger charge is -2.04. The summed E-state index contributed by atoms with van der Waals surface area (Å²) in [7, 11) is 0. The lowest BCUT2D eigenvalue weighted by molar-refractivity contribution is -0.268. The minimum atomic E-state index is -1.71. The zero-order valence-electron chi connectivity index (χ0n) is 10.3. The van der Waals surface area contributed by atoms with Crippen molar-refractivity contribution >= 4 is 34.9 Å². The Bertz CT molecular complexity index is 719. The standard InChI is InChI=1S/C13H9NO6S/c15-7-3-1-6(2-4-7)9-5-8(10(21-9)12(17)18)14-11(16)13(19)20/h1-5,15H,(H,14,16)(H,17,18)(H,19,20)/p-1. The Morgan fingerprint density at radius 1 is 1.10 bits per heavy atom. The van der Waals surface area contributed by atoms with Crippen molar-refractivity contribution in [3.63, 3.8) is 0 Å². The van der Waals surface area contributed by atoms with Crippen molar-refractivity contribution in [1.29, 1.82) is 0 Å². The summed E-state index contributed by atoms with van der Waals surface area (Å²) in [5.74, 6) is -4.51. The Hall–Kier alpha value is -2.87. The van der Waals surface area contributed by atoms with Crippen LogP contribution in [-0.2, 0) is 9.59 Å². The summed E-state index contributed by atoms with van der Waals surface area (Å²) in [4.78, 5) is 33.1. The fraction of sp³-hybridized carbons (Fsp3) is 0. The quantitative estimate of drug-likeness (QED) is 0.731. The van der Waals surface area contributed by atoms with E-state index < -0.39 is 17.8 Å². The molecule has 1 heterocycles. The maximum Gasteiger partial charge on any atom is 0.394 e. The highest BCUT2D eigenvalue weighted by atomic mass is 32.1. The summed E-state index contributed by atoms with van der Waals surface area (Å²) in [6, 6.07) is 7.04. The first kappa shape index (κ1) is 14.5. The molecule has 1 aromatic carbocycles. The van der Waals surface area contributed by atoms with Crippen molar-refractivity contribution in [3.05, 3.63) is 35.2 Å². The third-order valence-electron chi connectivity index (χ3n) is 2.51. The van der Waals surface area contributed by atoms with Crippen LogP contribution in [0.1, 0.15) is 9.67 Å². The van der Waals surface area contributed by atoms with Gasteiger partial charge in [0.1, 0.15) is 4.88 Å². The van der Waals surface area contributed by atoms with Gasteiger partial charge in [0, 0.05) is 4.88 Å². The Morgan fingerprint density at radius 3 is 2.24 bits per heavy atom. The number of carboxylic acid groups (broad SMARTS) is 2. The summed E-state index contributed by atoms with van der Waals surface area (Å²) in [5.41, 5.74) is 0.499. The zero-order valence-corrected chi connectivity index (χ0v) is 11.1. The van der Waals surface area contributed by atoms with E-state index in [1.54, 1.807) is 0 Å². The van der Waals surface area contributed by atoms with Gasteiger partial charge in [0.25, 0.3) is 0 Å². The van der Waals surface area contributed by atoms with Gasteiger partial charge in [-0.15, -0.1) is 17.1 Å². The molecular formula is C13H8NO6S-. The molecule has 0 radical (unpaired) electrons. The van der Waals surface area contributed by atoms with Crippen LogP contribution in [0.5, 0.6) is 5.75 Å². The van der Waals surface area contributed by atoms with Crippen LogP contribution in [0.4, 0.5) is 5.69 Å². The third kappa shape index (κ3) is 3.18. The summed E-state index contributed by atoms with van der Waals surface area (Å²) >= 11 is 0.871. The van der Waals surface area contributed by atoms with Gasteiger partial charge >= 0.3 is 17.8 Å². The predicted octanol–water partition coefficient (Wildman–Crippen LogP) is 1.21. The number of aliphatic carboxylic acids is 1. The van der Waals surface area contributed by atoms with E-state index >= 15 is 0 Å². The molecule has 0 fully saturated rings. The fourth-order valence-electron chi connectivity index (χ4n) is 1.58. The number of amides is 1. The largest absolute Gasteiger partial charge is 0.872 e. The van der Waals surface area contributed by atoms with Crippen molar-refractivity contribution in [2.24, 2.45) is 0 Å². The molecule has 0 saturated carbocycles. The minimum Gasteiger partial charge on any atom is -0.872 e. The zero-order chi connectivity index (χ0) is 15.6. The molecule has 0 spiro atoms. The van der Waals surface area contributed by atoms with Crippen molar-refractivity contribution in [3.8, 4) is 16.2 Å². The Balaban J connectivity index is 2.41. The molecular weight excluding hydrogens is 298 g/mol. The molecule has 21 heavy (non-hydrogen) atoms. The highest BCUT2D eigenvalue weighted by Gasteiger charge is 2.20. The second-order valence-electron chi connectivity index (χ2n) is 3.94. The van der Waals surface area contributed by atoms with Crippen LogP contribution in [0.25, 0.3) is 10.4 Å². The highest BCUT2D eigenvalue weighted by Crippen LogP contribution is 2.35. The number of rotatable bonds is 3. The molecule has 108 valence electrons. The molecule has 3 N–H and O–H groups in total. The summed E-state index contributed by atoms with van der Waals surface area (Å²) in [6.07, 6.45) is 0. The van der Waals surface area contributed by atoms with Gasteiger partial charge in [-0.05, 0) is 11.6 Å². The summed E-state index contributed by atoms with van der Waals surface area (Å²) in [6.45, 7) is 0. The Labute approximate surface area is 122 Å². The maximum atomic E-state index is 11.1. The molecule has 7 nitrogen and oxygen atoms in total. The molecule has 0 unspecified atom stereocenters. The lowest BCUT2D eigenvalue weighted by atomic mass is 10.2. The summed E-state index contributed by atoms with van der Waals surface area (Å²) in [5, 5.41) is 30.7. The third-order valence-corrected chi connectivity index (χ3v) is 3.68. The van der Waals surface area contributed by atoms with Crippen LogP contribution in [0.15, 0.2) is 30.3 Å². The van der Waals surface area contributed by atoms with Gasteiger partial charge < -0.3 is 20.6 Å². The van der Waals surface area contributed by atoms with Crippen LogP contribution in [0.3, 0.4) is 0 Å². The number of nitrogens with one attached hydrogen (secondary N) is 1. The van der Waals surface area contributed by atoms with Crippen molar-refractivity contribution in [1.82, 2.24) is 0 Å². The van der Waals surface area contributed by atoms with Gasteiger partial charge in [0.2, 0.25) is 0 Å². The molecule has 2 rings (SSSR count). The van der Waals surface area contributed by atoms with Crippen LogP contribution < -0.4 is 10.4 Å². The average molecular weight is 306 g/mol. The van der Waals surface area contributed by atoms with Crippen LogP contribution in [0, 0.1) is 0 Å². The van der Waals surface area contributed by atoms with E-state index in [1.165, 1.54) is 30.3 Å². The molecule has 0 bridgehead atoms. The average Bonchev–Trinajstić information content (AvgIpc) is 2.83. The monoisotopic (exact) mass is 306 g/mol. The normalized spacial score (nSPS) is 10.1. The number of carboxylic acids is 2. The summed E-state index contributed by atoms with van der Waals surface area (Å²) < 4.78 is 0. The second kappa shape index (κ2) is 5.63. The molecule has 1 amide bonds. The van der Waals surface area contributed by atoms with Crippen LogP contribution >= 0.6 is 11.3 Å². The van der Waals surface area contributed by atoms with Crippen LogP contribution in [0.2, 0.25) is 0 Å². The SMILES string of the molecule is O=C(O)C(=O)Nc1cc(-c2ccc([O-])cc2)sc1C(=O)O. The first-order valence-electron chi connectivity index (χ1n) is 5.57. The van der Waals surface area contributed by atoms with Crippen LogP contribution in [-0.4, -0.2) is 28.1 Å². The maximum absolute atomic E-state index is 11.1. The van der Waals surface area contributed by atoms with Gasteiger partial charge in [-0.1, -0.05) is 24.3 Å². The van der Waals surface area contributed by atoms with E-state index in [1.807, 2.05) is 5.32 Å². The minimum absolute atomic E-state index is 0.0962. The topological polar surface area (TPSA) is 127 Å². The lowest BCUT2D eigenvalue weighted by Crippen LogP contribution is -2.22. The molecule has 2 aromatic rings. The van der Waals surface area contributed by atoms with E-state index in [0.717, 1.165) is 11.3 Å². The number of carbonyl (C=O) groups excluding carboxylic acids is 1. The highest BCUT2D eigenvalue weighted by molar-refractivity contribution is 7.18. The number of carbonyl (C=O) groups is 3. The van der Waals surface area contributed by atoms with E-state index in [2.05, 4.69) is 0 Å². The Kier molecular flexibility index (Phi) is 3.90. The number of thiophene rings is 1. The first-order chi connectivity index (χ1) is 9.88. The van der Waals surface area contributed by atoms with E-state index in [-0.39, 0.29) is 16.3 Å². The van der Waals surface area contributed by atoms with Gasteiger partial charge in [-0.2, -0.15) is 0 Å². The van der Waals surface area contributed by atoms with Gasteiger partial charge in [-0.3, -0.25) is 4.79 Å². The molecule has 0 aliphatic carbocycles. The van der Waals surface area contributed by atoms with E-state index in [0.29, 0.717) is 10.4 Å². The number of benzene rings is 1.